The number of ether oxygens (including phenoxy) is 1. The number of methoxy groups -OCH3 is 1. The Kier molecular flexibility index (Phi) is 5.15. The quantitative estimate of drug-likeness (QED) is 0.351. The number of amides is 2. The van der Waals surface area contributed by atoms with Crippen LogP contribution in [0.3, 0.4) is 0 Å². The van der Waals surface area contributed by atoms with Gasteiger partial charge in [0.25, 0.3) is 5.69 Å². The lowest BCUT2D eigenvalue weighted by molar-refractivity contribution is -0.385. The molecular weight excluding hydrogens is 268 g/mol. The highest BCUT2D eigenvalue weighted by atomic mass is 16.6. The molecule has 2 amide bonds. The minimum Gasteiger partial charge on any atom is -0.465 e. The molecule has 0 heterocycles. The van der Waals surface area contributed by atoms with Gasteiger partial charge in [-0.1, -0.05) is 6.07 Å². The topological polar surface area (TPSA) is 137 Å². The van der Waals surface area contributed by atoms with E-state index in [4.69, 9.17) is 5.73 Å². The van der Waals surface area contributed by atoms with Crippen LogP contribution in [-0.4, -0.2) is 30.2 Å². The zero-order valence-electron chi connectivity index (χ0n) is 10.5. The first kappa shape index (κ1) is 15.1. The second-order valence-corrected chi connectivity index (χ2v) is 3.54. The molecule has 3 N–H and O–H groups in total. The van der Waals surface area contributed by atoms with Crippen LogP contribution < -0.4 is 11.2 Å². The van der Waals surface area contributed by atoms with E-state index in [0.29, 0.717) is 0 Å². The number of nitro groups is 1. The monoisotopic (exact) mass is 280 g/mol. The van der Waals surface area contributed by atoms with E-state index in [1.807, 2.05) is 5.43 Å². The van der Waals surface area contributed by atoms with Gasteiger partial charge in [0.2, 0.25) is 0 Å². The van der Waals surface area contributed by atoms with Gasteiger partial charge in [-0.3, -0.25) is 10.1 Å². The highest BCUT2D eigenvalue weighted by Gasteiger charge is 2.21. The predicted molar refractivity (Wildman–Crippen MR) is 69.4 cm³/mol. The summed E-state index contributed by atoms with van der Waals surface area (Å²) in [6.45, 7) is 0. The van der Waals surface area contributed by atoms with E-state index in [9.17, 15) is 19.7 Å². The van der Waals surface area contributed by atoms with Gasteiger partial charge in [-0.15, -0.1) is 0 Å². The molecule has 0 aliphatic carbocycles. The number of nitrogens with zero attached hydrogens (tertiary/aromatic N) is 2. The Morgan fingerprint density at radius 1 is 1.55 bits per heavy atom. The summed E-state index contributed by atoms with van der Waals surface area (Å²) >= 11 is 0. The van der Waals surface area contributed by atoms with Crippen molar-refractivity contribution in [2.75, 3.05) is 7.11 Å². The number of primary amides is 1. The Bertz CT molecular complexity index is 570. The van der Waals surface area contributed by atoms with Crippen LogP contribution in [0.1, 0.15) is 15.9 Å². The number of hydrogen-bond donors (Lipinski definition) is 2. The summed E-state index contributed by atoms with van der Waals surface area (Å²) in [5, 5.41) is 14.4. The Labute approximate surface area is 113 Å². The maximum Gasteiger partial charge on any atom is 0.338 e. The summed E-state index contributed by atoms with van der Waals surface area (Å²) in [7, 11) is 1.17. The molecule has 1 aromatic carbocycles. The molecule has 0 fully saturated rings. The molecule has 0 saturated carbocycles. The third-order valence-corrected chi connectivity index (χ3v) is 2.31. The van der Waals surface area contributed by atoms with E-state index in [0.717, 1.165) is 0 Å². The summed E-state index contributed by atoms with van der Waals surface area (Å²) in [5.74, 6) is -0.694. The minimum absolute atomic E-state index is 0.0398. The summed E-state index contributed by atoms with van der Waals surface area (Å²) in [4.78, 5) is 32.3. The maximum absolute atomic E-state index is 11.6. The van der Waals surface area contributed by atoms with Crippen molar-refractivity contribution in [3.05, 3.63) is 39.4 Å². The van der Waals surface area contributed by atoms with Crippen molar-refractivity contribution >= 4 is 23.9 Å². The standard InChI is InChI=1S/C11H12N4O5/c1-20-10(16)8-3-2-4-9(15(18)19)7(8)5-6-13-14-11(12)17/h2-4,6H,5H2,1H3,(H3,12,14,17). The van der Waals surface area contributed by atoms with Crippen molar-refractivity contribution < 1.29 is 19.2 Å². The average Bonchev–Trinajstić information content (AvgIpc) is 2.42. The first-order valence-corrected chi connectivity index (χ1v) is 5.39. The molecule has 1 aromatic rings. The molecule has 106 valence electrons. The largest absolute Gasteiger partial charge is 0.465 e. The molecule has 0 aliphatic rings. The van der Waals surface area contributed by atoms with Gasteiger partial charge in [0.15, 0.2) is 0 Å². The van der Waals surface area contributed by atoms with E-state index in [1.165, 1.54) is 31.5 Å². The number of carbonyl (C=O) groups excluding carboxylic acids is 2. The minimum atomic E-state index is -0.864. The van der Waals surface area contributed by atoms with Crippen LogP contribution in [0.25, 0.3) is 0 Å². The van der Waals surface area contributed by atoms with Crippen molar-refractivity contribution in [3.63, 3.8) is 0 Å². The van der Waals surface area contributed by atoms with Crippen LogP contribution in [0.2, 0.25) is 0 Å². The van der Waals surface area contributed by atoms with Crippen molar-refractivity contribution in [2.45, 2.75) is 6.42 Å². The van der Waals surface area contributed by atoms with Crippen molar-refractivity contribution in [2.24, 2.45) is 10.8 Å². The van der Waals surface area contributed by atoms with Gasteiger partial charge in [-0.25, -0.2) is 15.0 Å². The number of carbonyl (C=O) groups is 2. The number of benzene rings is 1. The summed E-state index contributed by atoms with van der Waals surface area (Å²) < 4.78 is 4.56. The highest BCUT2D eigenvalue weighted by Crippen LogP contribution is 2.23. The van der Waals surface area contributed by atoms with Gasteiger partial charge in [0.1, 0.15) is 0 Å². The number of esters is 1. The van der Waals surface area contributed by atoms with Gasteiger partial charge in [0, 0.05) is 24.3 Å². The third-order valence-electron chi connectivity index (χ3n) is 2.31. The van der Waals surface area contributed by atoms with Gasteiger partial charge < -0.3 is 10.5 Å². The summed E-state index contributed by atoms with van der Waals surface area (Å²) in [5.41, 5.74) is 6.72. The van der Waals surface area contributed by atoms with Gasteiger partial charge in [-0.05, 0) is 6.07 Å². The number of rotatable bonds is 5. The zero-order chi connectivity index (χ0) is 15.1. The Morgan fingerprint density at radius 3 is 2.80 bits per heavy atom. The molecule has 0 aromatic heterocycles. The van der Waals surface area contributed by atoms with Crippen LogP contribution >= 0.6 is 0 Å². The van der Waals surface area contributed by atoms with E-state index >= 15 is 0 Å². The lowest BCUT2D eigenvalue weighted by Crippen LogP contribution is -2.24. The second-order valence-electron chi connectivity index (χ2n) is 3.54. The molecule has 0 radical (unpaired) electrons. The Hall–Kier alpha value is -2.97. The van der Waals surface area contributed by atoms with Crippen molar-refractivity contribution in [1.29, 1.82) is 0 Å². The van der Waals surface area contributed by atoms with Crippen LogP contribution in [0.4, 0.5) is 10.5 Å². The molecule has 9 heteroatoms. The fraction of sp³-hybridized carbons (Fsp3) is 0.182. The van der Waals surface area contributed by atoms with Crippen LogP contribution in [-0.2, 0) is 11.2 Å². The fourth-order valence-corrected chi connectivity index (χ4v) is 1.51. The van der Waals surface area contributed by atoms with Crippen molar-refractivity contribution in [1.82, 2.24) is 5.43 Å². The van der Waals surface area contributed by atoms with Crippen LogP contribution in [0, 0.1) is 10.1 Å². The lowest BCUT2D eigenvalue weighted by atomic mass is 10.0. The number of hydrogen-bond acceptors (Lipinski definition) is 6. The van der Waals surface area contributed by atoms with Gasteiger partial charge in [0.05, 0.1) is 17.6 Å². The molecule has 1 rings (SSSR count). The molecule has 0 spiro atoms. The third kappa shape index (κ3) is 3.77. The molecule has 0 unspecified atom stereocenters. The van der Waals surface area contributed by atoms with Crippen LogP contribution in [0.15, 0.2) is 23.3 Å². The number of nitrogens with one attached hydrogen (secondary N) is 1. The normalized spacial score (nSPS) is 10.2. The molecular formula is C11H12N4O5. The number of nitro benzene ring substituents is 1. The SMILES string of the molecule is COC(=O)c1cccc([N+](=O)[O-])c1CC=NNC(N)=O. The molecule has 9 nitrogen and oxygen atoms in total. The summed E-state index contributed by atoms with van der Waals surface area (Å²) in [6.07, 6.45) is 1.15. The molecule has 0 saturated heterocycles. The number of urea groups is 1. The average molecular weight is 280 g/mol. The van der Waals surface area contributed by atoms with E-state index in [-0.39, 0.29) is 23.2 Å². The highest BCUT2D eigenvalue weighted by molar-refractivity contribution is 5.93. The maximum atomic E-state index is 11.6. The van der Waals surface area contributed by atoms with E-state index in [1.54, 1.807) is 0 Å². The summed E-state index contributed by atoms with van der Waals surface area (Å²) in [6, 6.07) is 3.19. The van der Waals surface area contributed by atoms with Crippen molar-refractivity contribution in [3.8, 4) is 0 Å². The smallest absolute Gasteiger partial charge is 0.338 e. The Balaban J connectivity index is 3.12. The van der Waals surface area contributed by atoms with E-state index < -0.39 is 16.9 Å². The second kappa shape index (κ2) is 6.83. The number of nitrogens with two attached hydrogens (primary N) is 1. The van der Waals surface area contributed by atoms with Gasteiger partial charge in [-0.2, -0.15) is 5.10 Å². The molecule has 0 bridgehead atoms. The lowest BCUT2D eigenvalue weighted by Gasteiger charge is -2.06. The van der Waals surface area contributed by atoms with Crippen LogP contribution in [0.5, 0.6) is 0 Å². The first-order valence-electron chi connectivity index (χ1n) is 5.39. The molecule has 0 aliphatic heterocycles. The first-order chi connectivity index (χ1) is 9.47. The number of hydrazone groups is 1. The molecule has 20 heavy (non-hydrogen) atoms. The fourth-order valence-electron chi connectivity index (χ4n) is 1.51. The molecule has 0 atom stereocenters. The zero-order valence-corrected chi connectivity index (χ0v) is 10.5. The van der Waals surface area contributed by atoms with E-state index in [2.05, 4.69) is 9.84 Å². The Morgan fingerprint density at radius 2 is 2.25 bits per heavy atom. The predicted octanol–water partition coefficient (Wildman–Crippen LogP) is 0.578. The van der Waals surface area contributed by atoms with Gasteiger partial charge >= 0.3 is 12.0 Å².